The largest absolute Gasteiger partial charge is 0.466 e. The van der Waals surface area contributed by atoms with Gasteiger partial charge in [-0.2, -0.15) is 0 Å². The molecule has 0 fully saturated rings. The molecule has 0 saturated carbocycles. The van der Waals surface area contributed by atoms with E-state index < -0.39 is 12.1 Å². The van der Waals surface area contributed by atoms with Gasteiger partial charge in [-0.25, -0.2) is 0 Å². The average Bonchev–Trinajstić information content (AvgIpc) is 3.35. The summed E-state index contributed by atoms with van der Waals surface area (Å²) < 4.78 is 5.47. The molecule has 0 saturated heterocycles. The molecule has 0 aromatic rings. The first-order valence-electron chi connectivity index (χ1n) is 31.1. The van der Waals surface area contributed by atoms with Crippen LogP contribution in [0.25, 0.3) is 0 Å². The molecule has 69 heavy (non-hydrogen) atoms. The number of rotatable bonds is 58. The molecule has 0 aromatic heterocycles. The van der Waals surface area contributed by atoms with E-state index in [4.69, 9.17) is 4.74 Å². The Hall–Kier alpha value is -1.66. The topological polar surface area (TPSA) is 95.9 Å². The molecule has 0 aromatic carbocycles. The molecule has 1 amide bonds. The highest BCUT2D eigenvalue weighted by molar-refractivity contribution is 5.76. The van der Waals surface area contributed by atoms with Crippen molar-refractivity contribution in [2.75, 3.05) is 13.2 Å². The number of carbonyl (C=O) groups is 2. The molecule has 408 valence electrons. The molecule has 0 aliphatic carbocycles. The van der Waals surface area contributed by atoms with E-state index in [1.165, 1.54) is 250 Å². The number of carbonyl (C=O) groups excluding carboxylic acids is 2. The lowest BCUT2D eigenvalue weighted by molar-refractivity contribution is -0.143. The fraction of sp³-hybridized carbons (Fsp3) is 0.905. The molecule has 0 heterocycles. The number of hydrogen-bond acceptors (Lipinski definition) is 5. The quantitative estimate of drug-likeness (QED) is 0.0321. The molecule has 6 heteroatoms. The summed E-state index contributed by atoms with van der Waals surface area (Å²) in [4.78, 5) is 24.6. The summed E-state index contributed by atoms with van der Waals surface area (Å²) in [6.45, 7) is 4.92. The second kappa shape index (κ2) is 58.9. The standard InChI is InChI=1S/C63H121NO5/c1-3-5-7-9-11-13-15-17-19-20-21-22-23-24-25-26-27-29-31-35-39-43-47-51-55-61(66)60(59-65)64-62(67)56-52-48-44-40-36-32-30-34-38-42-46-50-54-58-69-63(68)57-53-49-45-41-37-33-28-18-16-14-12-10-8-6-4-2/h12,14,18,28,60-61,65-66H,3-11,13,15-17,19-27,29-59H2,1-2H3,(H,64,67)/b14-12-,28-18-. The van der Waals surface area contributed by atoms with E-state index >= 15 is 0 Å². The Balaban J connectivity index is 3.44. The lowest BCUT2D eigenvalue weighted by Crippen LogP contribution is -2.45. The minimum absolute atomic E-state index is 0.0184. The van der Waals surface area contributed by atoms with E-state index in [1.54, 1.807) is 0 Å². The van der Waals surface area contributed by atoms with Gasteiger partial charge in [0, 0.05) is 12.8 Å². The molecule has 2 unspecified atom stereocenters. The van der Waals surface area contributed by atoms with Gasteiger partial charge < -0.3 is 20.3 Å². The molecule has 0 spiro atoms. The van der Waals surface area contributed by atoms with Crippen molar-refractivity contribution in [3.63, 3.8) is 0 Å². The van der Waals surface area contributed by atoms with E-state index in [-0.39, 0.29) is 18.5 Å². The Morgan fingerprint density at radius 3 is 1.13 bits per heavy atom. The van der Waals surface area contributed by atoms with E-state index in [0.29, 0.717) is 25.9 Å². The molecule has 0 rings (SSSR count). The van der Waals surface area contributed by atoms with Crippen LogP contribution >= 0.6 is 0 Å². The Morgan fingerprint density at radius 2 is 0.725 bits per heavy atom. The number of aliphatic hydroxyl groups is 2. The van der Waals surface area contributed by atoms with Crippen LogP contribution in [0.3, 0.4) is 0 Å². The Morgan fingerprint density at radius 1 is 0.406 bits per heavy atom. The van der Waals surface area contributed by atoms with Crippen LogP contribution in [0.4, 0.5) is 0 Å². The normalized spacial score (nSPS) is 12.7. The number of nitrogens with one attached hydrogen (secondary N) is 1. The van der Waals surface area contributed by atoms with Crippen molar-refractivity contribution < 1.29 is 24.5 Å². The van der Waals surface area contributed by atoms with Gasteiger partial charge in [-0.05, 0) is 57.8 Å². The van der Waals surface area contributed by atoms with Crippen LogP contribution in [0.2, 0.25) is 0 Å². The second-order valence-electron chi connectivity index (χ2n) is 21.4. The third-order valence-electron chi connectivity index (χ3n) is 14.5. The molecule has 2 atom stereocenters. The van der Waals surface area contributed by atoms with Gasteiger partial charge in [-0.1, -0.05) is 295 Å². The maximum Gasteiger partial charge on any atom is 0.305 e. The molecular weight excluding hydrogens is 851 g/mol. The van der Waals surface area contributed by atoms with Crippen LogP contribution in [0.5, 0.6) is 0 Å². The van der Waals surface area contributed by atoms with Gasteiger partial charge in [0.05, 0.1) is 25.4 Å². The minimum Gasteiger partial charge on any atom is -0.466 e. The Labute approximate surface area is 431 Å². The SMILES string of the molecule is CCCCC/C=C\C/C=C\CCCCCCCC(=O)OCCCCCCCCCCCCCCCC(=O)NC(CO)C(O)CCCCCCCCCCCCCCCCCCCCCCCCCC. The Bertz CT molecular complexity index is 1080. The highest BCUT2D eigenvalue weighted by Crippen LogP contribution is 2.18. The van der Waals surface area contributed by atoms with Gasteiger partial charge >= 0.3 is 5.97 Å². The average molecular weight is 973 g/mol. The number of esters is 1. The number of aliphatic hydroxyl groups excluding tert-OH is 2. The summed E-state index contributed by atoms with van der Waals surface area (Å²) in [7, 11) is 0. The molecule has 3 N–H and O–H groups in total. The molecular formula is C63H121NO5. The molecule has 0 radical (unpaired) electrons. The Kier molecular flexibility index (Phi) is 57.5. The smallest absolute Gasteiger partial charge is 0.305 e. The van der Waals surface area contributed by atoms with Crippen molar-refractivity contribution in [3.8, 4) is 0 Å². The van der Waals surface area contributed by atoms with Gasteiger partial charge in [0.1, 0.15) is 0 Å². The lowest BCUT2D eigenvalue weighted by atomic mass is 10.0. The maximum atomic E-state index is 12.5. The van der Waals surface area contributed by atoms with E-state index in [9.17, 15) is 19.8 Å². The van der Waals surface area contributed by atoms with Crippen LogP contribution in [0.15, 0.2) is 24.3 Å². The summed E-state index contributed by atoms with van der Waals surface area (Å²) in [6, 6.07) is -0.553. The van der Waals surface area contributed by atoms with Crippen molar-refractivity contribution >= 4 is 11.9 Å². The van der Waals surface area contributed by atoms with Crippen molar-refractivity contribution in [1.82, 2.24) is 5.32 Å². The zero-order valence-electron chi connectivity index (χ0n) is 46.6. The number of allylic oxidation sites excluding steroid dienone is 4. The number of amides is 1. The van der Waals surface area contributed by atoms with Crippen molar-refractivity contribution in [3.05, 3.63) is 24.3 Å². The summed E-state index contributed by atoms with van der Waals surface area (Å²) in [5, 5.41) is 23.4. The second-order valence-corrected chi connectivity index (χ2v) is 21.4. The van der Waals surface area contributed by atoms with Gasteiger partial charge in [0.15, 0.2) is 0 Å². The fourth-order valence-electron chi connectivity index (χ4n) is 9.73. The highest BCUT2D eigenvalue weighted by atomic mass is 16.5. The van der Waals surface area contributed by atoms with Crippen molar-refractivity contribution in [2.24, 2.45) is 0 Å². The number of unbranched alkanes of at least 4 members (excludes halogenated alkanes) is 43. The predicted molar refractivity (Wildman–Crippen MR) is 301 cm³/mol. The molecule has 6 nitrogen and oxygen atoms in total. The molecule has 0 bridgehead atoms. The van der Waals surface area contributed by atoms with Crippen LogP contribution in [0, 0.1) is 0 Å². The van der Waals surface area contributed by atoms with Gasteiger partial charge in [-0.15, -0.1) is 0 Å². The first-order valence-corrected chi connectivity index (χ1v) is 31.1. The molecule has 0 aliphatic rings. The zero-order valence-corrected chi connectivity index (χ0v) is 46.6. The summed E-state index contributed by atoms with van der Waals surface area (Å²) >= 11 is 0. The van der Waals surface area contributed by atoms with Gasteiger partial charge in [0.2, 0.25) is 5.91 Å². The zero-order chi connectivity index (χ0) is 50.0. The minimum atomic E-state index is -0.675. The third-order valence-corrected chi connectivity index (χ3v) is 14.5. The first-order chi connectivity index (χ1) is 34.0. The van der Waals surface area contributed by atoms with Crippen LogP contribution in [-0.2, 0) is 14.3 Å². The lowest BCUT2D eigenvalue weighted by Gasteiger charge is -2.22. The van der Waals surface area contributed by atoms with E-state index in [1.807, 2.05) is 0 Å². The number of hydrogen-bond donors (Lipinski definition) is 3. The monoisotopic (exact) mass is 972 g/mol. The van der Waals surface area contributed by atoms with Crippen molar-refractivity contribution in [1.29, 1.82) is 0 Å². The highest BCUT2D eigenvalue weighted by Gasteiger charge is 2.20. The maximum absolute atomic E-state index is 12.5. The third kappa shape index (κ3) is 55.5. The summed E-state index contributed by atoms with van der Waals surface area (Å²) in [5.74, 6) is -0.0633. The van der Waals surface area contributed by atoms with E-state index in [2.05, 4.69) is 43.5 Å². The van der Waals surface area contributed by atoms with Crippen LogP contribution < -0.4 is 5.32 Å². The van der Waals surface area contributed by atoms with Crippen molar-refractivity contribution in [2.45, 2.75) is 353 Å². The van der Waals surface area contributed by atoms with Crippen LogP contribution in [0.1, 0.15) is 341 Å². The summed E-state index contributed by atoms with van der Waals surface area (Å²) in [6.07, 6.45) is 71.8. The number of ether oxygens (including phenoxy) is 1. The first kappa shape index (κ1) is 67.3. The molecule has 0 aliphatic heterocycles. The van der Waals surface area contributed by atoms with Gasteiger partial charge in [-0.3, -0.25) is 9.59 Å². The summed E-state index contributed by atoms with van der Waals surface area (Å²) in [5.41, 5.74) is 0. The van der Waals surface area contributed by atoms with Crippen LogP contribution in [-0.4, -0.2) is 47.4 Å². The predicted octanol–water partition coefficient (Wildman–Crippen LogP) is 19.4. The van der Waals surface area contributed by atoms with E-state index in [0.717, 1.165) is 57.8 Å². The fourth-order valence-corrected chi connectivity index (χ4v) is 9.73. The van der Waals surface area contributed by atoms with Gasteiger partial charge in [0.25, 0.3) is 0 Å².